The Balaban J connectivity index is 2.14. The Kier molecular flexibility index (Phi) is 6.87. The Morgan fingerprint density at radius 1 is 1.16 bits per heavy atom. The first kappa shape index (κ1) is 22.7. The fourth-order valence-corrected chi connectivity index (χ4v) is 3.67. The van der Waals surface area contributed by atoms with Crippen LogP contribution < -0.4 is 4.74 Å². The van der Waals surface area contributed by atoms with Crippen LogP contribution in [0.2, 0.25) is 5.02 Å². The molecule has 1 atom stereocenters. The van der Waals surface area contributed by atoms with E-state index in [1.807, 2.05) is 13.8 Å². The van der Waals surface area contributed by atoms with Gasteiger partial charge in [-0.05, 0) is 49.7 Å². The maximum absolute atomic E-state index is 13.0. The molecule has 1 unspecified atom stereocenters. The smallest absolute Gasteiger partial charge is 0.295 e. The molecule has 1 amide bonds. The molecule has 1 saturated heterocycles. The van der Waals surface area contributed by atoms with Crippen LogP contribution in [0, 0.1) is 0 Å². The first-order chi connectivity index (χ1) is 14.7. The number of aliphatic hydroxyl groups excluding tert-OH is 1. The van der Waals surface area contributed by atoms with Gasteiger partial charge in [-0.3, -0.25) is 9.59 Å². The first-order valence-electron chi connectivity index (χ1n) is 9.77. The van der Waals surface area contributed by atoms with Gasteiger partial charge in [0.2, 0.25) is 0 Å². The molecule has 0 bridgehead atoms. The minimum Gasteiger partial charge on any atom is -0.508 e. The van der Waals surface area contributed by atoms with Gasteiger partial charge >= 0.3 is 0 Å². The summed E-state index contributed by atoms with van der Waals surface area (Å²) in [7, 11) is 1.47. The van der Waals surface area contributed by atoms with Crippen molar-refractivity contribution in [1.29, 1.82) is 0 Å². The van der Waals surface area contributed by atoms with Crippen molar-refractivity contribution < 1.29 is 29.3 Å². The molecule has 0 saturated carbocycles. The molecule has 3 rings (SSSR count). The number of phenols is 1. The molecule has 2 aromatic carbocycles. The molecule has 1 aliphatic rings. The number of ether oxygens (including phenoxy) is 2. The monoisotopic (exact) mass is 445 g/mol. The lowest BCUT2D eigenvalue weighted by molar-refractivity contribution is -0.140. The van der Waals surface area contributed by atoms with Crippen molar-refractivity contribution in [3.8, 4) is 11.5 Å². The maximum atomic E-state index is 13.0. The van der Waals surface area contributed by atoms with E-state index >= 15 is 0 Å². The molecular formula is C23H24ClNO6. The molecule has 2 aromatic rings. The molecule has 2 N–H and O–H groups in total. The summed E-state index contributed by atoms with van der Waals surface area (Å²) in [6.45, 7) is 4.11. The number of aliphatic hydroxyl groups is 1. The predicted molar refractivity (Wildman–Crippen MR) is 116 cm³/mol. The molecule has 1 aliphatic heterocycles. The molecule has 0 spiro atoms. The summed E-state index contributed by atoms with van der Waals surface area (Å²) in [6.07, 6.45) is -0.0421. The number of phenolic OH excluding ortho intramolecular Hbond substituents is 1. The summed E-state index contributed by atoms with van der Waals surface area (Å²) in [5.74, 6) is -1.48. The molecule has 0 aromatic heterocycles. The molecule has 164 valence electrons. The van der Waals surface area contributed by atoms with E-state index in [4.69, 9.17) is 21.1 Å². The highest BCUT2D eigenvalue weighted by Gasteiger charge is 2.46. The van der Waals surface area contributed by atoms with Crippen molar-refractivity contribution in [3.63, 3.8) is 0 Å². The Morgan fingerprint density at radius 2 is 1.84 bits per heavy atom. The van der Waals surface area contributed by atoms with Crippen LogP contribution in [0.1, 0.15) is 31.0 Å². The molecule has 31 heavy (non-hydrogen) atoms. The first-order valence-corrected chi connectivity index (χ1v) is 10.1. The lowest BCUT2D eigenvalue weighted by atomic mass is 9.95. The average Bonchev–Trinajstić information content (AvgIpc) is 2.99. The average molecular weight is 446 g/mol. The number of hydrogen-bond donors (Lipinski definition) is 2. The van der Waals surface area contributed by atoms with Crippen LogP contribution in [-0.2, 0) is 14.3 Å². The second kappa shape index (κ2) is 9.41. The van der Waals surface area contributed by atoms with Crippen LogP contribution in [0.15, 0.2) is 48.0 Å². The standard InChI is InChI=1S/C23H24ClNO6/c1-13(2)31-11-10-25-20(14-4-6-15(26)7-5-14)19(22(28)23(25)29)21(27)17-12-16(30-3)8-9-18(17)24/h4-9,12-13,20,26-27H,10-11H2,1-3H3/b21-19+. The summed E-state index contributed by atoms with van der Waals surface area (Å²) in [5, 5.41) is 21.0. The number of rotatable bonds is 7. The zero-order chi connectivity index (χ0) is 22.7. The van der Waals surface area contributed by atoms with Crippen LogP contribution in [0.3, 0.4) is 0 Å². The van der Waals surface area contributed by atoms with Gasteiger partial charge in [0.1, 0.15) is 17.3 Å². The number of halogens is 1. The van der Waals surface area contributed by atoms with Crippen molar-refractivity contribution in [2.75, 3.05) is 20.3 Å². The molecule has 0 aliphatic carbocycles. The topological polar surface area (TPSA) is 96.3 Å². The van der Waals surface area contributed by atoms with Crippen molar-refractivity contribution in [2.24, 2.45) is 0 Å². The van der Waals surface area contributed by atoms with Gasteiger partial charge in [0.05, 0.1) is 36.5 Å². The number of Topliss-reactive ketones (excluding diaryl/α,β-unsaturated/α-hetero) is 1. The van der Waals surface area contributed by atoms with Crippen molar-refractivity contribution in [3.05, 3.63) is 64.2 Å². The Bertz CT molecular complexity index is 1020. The maximum Gasteiger partial charge on any atom is 0.295 e. The SMILES string of the molecule is COc1ccc(Cl)c(/C(O)=C2\C(=O)C(=O)N(CCOC(C)C)C2c2ccc(O)cc2)c1. The van der Waals surface area contributed by atoms with Crippen molar-refractivity contribution >= 4 is 29.1 Å². The zero-order valence-electron chi connectivity index (χ0n) is 17.5. The van der Waals surface area contributed by atoms with E-state index in [1.54, 1.807) is 18.2 Å². The normalized spacial score (nSPS) is 18.1. The highest BCUT2D eigenvalue weighted by atomic mass is 35.5. The van der Waals surface area contributed by atoms with Gasteiger partial charge in [-0.15, -0.1) is 0 Å². The molecule has 7 nitrogen and oxygen atoms in total. The number of benzene rings is 2. The summed E-state index contributed by atoms with van der Waals surface area (Å²) in [6, 6.07) is 9.91. The van der Waals surface area contributed by atoms with E-state index in [0.29, 0.717) is 11.3 Å². The minimum absolute atomic E-state index is 0.0414. The van der Waals surface area contributed by atoms with Crippen LogP contribution in [0.25, 0.3) is 5.76 Å². The summed E-state index contributed by atoms with van der Waals surface area (Å²) in [5.41, 5.74) is 0.652. The summed E-state index contributed by atoms with van der Waals surface area (Å²) < 4.78 is 10.8. The van der Waals surface area contributed by atoms with Gasteiger partial charge in [-0.25, -0.2) is 0 Å². The van der Waals surface area contributed by atoms with Crippen molar-refractivity contribution in [2.45, 2.75) is 26.0 Å². The molecule has 1 heterocycles. The Hall–Kier alpha value is -3.03. The lowest BCUT2D eigenvalue weighted by Crippen LogP contribution is -2.33. The van der Waals surface area contributed by atoms with Gasteiger partial charge in [0, 0.05) is 12.1 Å². The lowest BCUT2D eigenvalue weighted by Gasteiger charge is -2.25. The second-order valence-electron chi connectivity index (χ2n) is 7.35. The Labute approximate surface area is 185 Å². The number of likely N-dealkylation sites (tertiary alicyclic amines) is 1. The largest absolute Gasteiger partial charge is 0.508 e. The Morgan fingerprint density at radius 3 is 2.45 bits per heavy atom. The number of aromatic hydroxyl groups is 1. The minimum atomic E-state index is -0.862. The number of amides is 1. The van der Waals surface area contributed by atoms with Crippen LogP contribution in [-0.4, -0.2) is 53.2 Å². The van der Waals surface area contributed by atoms with E-state index in [-0.39, 0.29) is 41.2 Å². The third kappa shape index (κ3) is 4.68. The second-order valence-corrected chi connectivity index (χ2v) is 7.76. The fourth-order valence-electron chi connectivity index (χ4n) is 3.46. The van der Waals surface area contributed by atoms with Gasteiger partial charge in [-0.1, -0.05) is 23.7 Å². The highest BCUT2D eigenvalue weighted by molar-refractivity contribution is 6.47. The van der Waals surface area contributed by atoms with E-state index in [1.165, 1.54) is 36.3 Å². The third-order valence-electron chi connectivity index (χ3n) is 4.96. The van der Waals surface area contributed by atoms with Crippen LogP contribution >= 0.6 is 11.6 Å². The summed E-state index contributed by atoms with van der Waals surface area (Å²) in [4.78, 5) is 27.2. The number of nitrogens with zero attached hydrogens (tertiary/aromatic N) is 1. The van der Waals surface area contributed by atoms with Gasteiger partial charge in [-0.2, -0.15) is 0 Å². The molecule has 0 radical (unpaired) electrons. The fraction of sp³-hybridized carbons (Fsp3) is 0.304. The quantitative estimate of drug-likeness (QED) is 0.381. The molecule has 8 heteroatoms. The number of hydrogen-bond acceptors (Lipinski definition) is 6. The third-order valence-corrected chi connectivity index (χ3v) is 5.29. The number of methoxy groups -OCH3 is 1. The van der Waals surface area contributed by atoms with E-state index in [9.17, 15) is 19.8 Å². The van der Waals surface area contributed by atoms with Gasteiger partial charge in [0.25, 0.3) is 11.7 Å². The van der Waals surface area contributed by atoms with E-state index in [0.717, 1.165) is 0 Å². The van der Waals surface area contributed by atoms with Crippen molar-refractivity contribution in [1.82, 2.24) is 4.90 Å². The highest BCUT2D eigenvalue weighted by Crippen LogP contribution is 2.41. The van der Waals surface area contributed by atoms with E-state index in [2.05, 4.69) is 0 Å². The van der Waals surface area contributed by atoms with Gasteiger partial charge < -0.3 is 24.6 Å². The summed E-state index contributed by atoms with van der Waals surface area (Å²) >= 11 is 6.27. The van der Waals surface area contributed by atoms with Crippen LogP contribution in [0.5, 0.6) is 11.5 Å². The molecular weight excluding hydrogens is 422 g/mol. The van der Waals surface area contributed by atoms with E-state index < -0.39 is 23.5 Å². The van der Waals surface area contributed by atoms with Crippen LogP contribution in [0.4, 0.5) is 0 Å². The number of carbonyl (C=O) groups is 2. The number of ketones is 1. The zero-order valence-corrected chi connectivity index (χ0v) is 18.2. The predicted octanol–water partition coefficient (Wildman–Crippen LogP) is 3.90. The number of carbonyl (C=O) groups excluding carboxylic acids is 2. The van der Waals surface area contributed by atoms with Gasteiger partial charge in [0.15, 0.2) is 0 Å². The molecule has 1 fully saturated rings.